The largest absolute Gasteiger partial charge is 0.326 e. The van der Waals surface area contributed by atoms with Crippen molar-refractivity contribution in [3.05, 3.63) is 24.3 Å². The Morgan fingerprint density at radius 2 is 1.86 bits per heavy atom. The van der Waals surface area contributed by atoms with Gasteiger partial charge in [0.1, 0.15) is 0 Å². The maximum atomic E-state index is 12.4. The molecule has 0 saturated carbocycles. The summed E-state index contributed by atoms with van der Waals surface area (Å²) in [5, 5.41) is 2.60. The first-order chi connectivity index (χ1) is 9.30. The summed E-state index contributed by atoms with van der Waals surface area (Å²) < 4.78 is 26.3. The third kappa shape index (κ3) is 3.94. The average molecular weight is 334 g/mol. The highest BCUT2D eigenvalue weighted by atomic mass is 35.5. The van der Waals surface area contributed by atoms with E-state index in [2.05, 4.69) is 5.32 Å². The van der Waals surface area contributed by atoms with Gasteiger partial charge >= 0.3 is 0 Å². The molecule has 8 heteroatoms. The van der Waals surface area contributed by atoms with Crippen molar-refractivity contribution >= 4 is 34.0 Å². The molecule has 2 rings (SSSR count). The van der Waals surface area contributed by atoms with Crippen molar-refractivity contribution in [1.82, 2.24) is 4.31 Å². The topological polar surface area (TPSA) is 92.5 Å². The van der Waals surface area contributed by atoms with Crippen LogP contribution in [0.1, 0.15) is 13.8 Å². The van der Waals surface area contributed by atoms with E-state index >= 15 is 0 Å². The Kier molecular flexibility index (Phi) is 5.75. The molecule has 3 N–H and O–H groups in total. The molecular formula is C13H20ClN3O3S. The Balaban J connectivity index is 0.00000220. The fourth-order valence-corrected chi connectivity index (χ4v) is 3.78. The Morgan fingerprint density at radius 3 is 2.29 bits per heavy atom. The summed E-state index contributed by atoms with van der Waals surface area (Å²) in [6, 6.07) is 6.02. The van der Waals surface area contributed by atoms with E-state index in [1.54, 1.807) is 12.1 Å². The van der Waals surface area contributed by atoms with Crippen LogP contribution >= 0.6 is 12.4 Å². The monoisotopic (exact) mass is 333 g/mol. The molecule has 0 radical (unpaired) electrons. The highest BCUT2D eigenvalue weighted by Crippen LogP contribution is 2.24. The zero-order valence-corrected chi connectivity index (χ0v) is 13.6. The van der Waals surface area contributed by atoms with Gasteiger partial charge in [0.2, 0.25) is 15.9 Å². The minimum Gasteiger partial charge on any atom is -0.326 e. The molecule has 0 aliphatic carbocycles. The minimum atomic E-state index is -3.51. The Bertz CT molecular complexity index is 594. The van der Waals surface area contributed by atoms with Crippen molar-refractivity contribution in [1.29, 1.82) is 0 Å². The van der Waals surface area contributed by atoms with Crippen LogP contribution in [-0.2, 0) is 14.8 Å². The molecule has 118 valence electrons. The lowest BCUT2D eigenvalue weighted by Crippen LogP contribution is -2.32. The van der Waals surface area contributed by atoms with Crippen LogP contribution in [0.2, 0.25) is 0 Å². The minimum absolute atomic E-state index is 0. The molecule has 2 atom stereocenters. The molecule has 1 saturated heterocycles. The van der Waals surface area contributed by atoms with E-state index in [0.717, 1.165) is 0 Å². The standard InChI is InChI=1S/C13H19N3O3S.ClH/c1-9-7-16(8-13(9)14)20(18,19)12-5-3-11(4-6-12)15-10(2)17;/h3-6,9,13H,7-8,14H2,1-2H3,(H,15,17);1H. The fraction of sp³-hybridized carbons (Fsp3) is 0.462. The maximum Gasteiger partial charge on any atom is 0.243 e. The van der Waals surface area contributed by atoms with E-state index in [9.17, 15) is 13.2 Å². The van der Waals surface area contributed by atoms with Crippen LogP contribution in [0.4, 0.5) is 5.69 Å². The first-order valence-electron chi connectivity index (χ1n) is 6.44. The van der Waals surface area contributed by atoms with Gasteiger partial charge in [-0.05, 0) is 30.2 Å². The quantitative estimate of drug-likeness (QED) is 0.864. The van der Waals surface area contributed by atoms with Gasteiger partial charge in [-0.1, -0.05) is 6.92 Å². The Labute approximate surface area is 131 Å². The van der Waals surface area contributed by atoms with Crippen LogP contribution in [0.3, 0.4) is 0 Å². The molecule has 0 bridgehead atoms. The van der Waals surface area contributed by atoms with Crippen molar-refractivity contribution in [2.45, 2.75) is 24.8 Å². The summed E-state index contributed by atoms with van der Waals surface area (Å²) in [4.78, 5) is 11.1. The number of carbonyl (C=O) groups excluding carboxylic acids is 1. The van der Waals surface area contributed by atoms with Gasteiger partial charge in [0, 0.05) is 31.7 Å². The van der Waals surface area contributed by atoms with Gasteiger partial charge < -0.3 is 11.1 Å². The molecule has 1 aromatic carbocycles. The molecule has 0 aromatic heterocycles. The third-order valence-corrected chi connectivity index (χ3v) is 5.30. The van der Waals surface area contributed by atoms with Crippen LogP contribution in [0.25, 0.3) is 0 Å². The molecule has 6 nitrogen and oxygen atoms in total. The first-order valence-corrected chi connectivity index (χ1v) is 7.88. The van der Waals surface area contributed by atoms with E-state index in [1.807, 2.05) is 6.92 Å². The molecule has 2 unspecified atom stereocenters. The van der Waals surface area contributed by atoms with Gasteiger partial charge in [-0.15, -0.1) is 12.4 Å². The molecule has 0 spiro atoms. The average Bonchev–Trinajstić information content (AvgIpc) is 2.70. The van der Waals surface area contributed by atoms with Crippen LogP contribution in [0.15, 0.2) is 29.2 Å². The van der Waals surface area contributed by atoms with Crippen molar-refractivity contribution in [3.8, 4) is 0 Å². The van der Waals surface area contributed by atoms with Crippen LogP contribution in [0.5, 0.6) is 0 Å². The number of benzene rings is 1. The highest BCUT2D eigenvalue weighted by Gasteiger charge is 2.35. The summed E-state index contributed by atoms with van der Waals surface area (Å²) in [6.45, 7) is 4.13. The van der Waals surface area contributed by atoms with Crippen LogP contribution in [0, 0.1) is 5.92 Å². The van der Waals surface area contributed by atoms with E-state index in [4.69, 9.17) is 5.73 Å². The van der Waals surface area contributed by atoms with Gasteiger partial charge in [-0.25, -0.2) is 8.42 Å². The van der Waals surface area contributed by atoms with E-state index in [-0.39, 0.29) is 35.2 Å². The highest BCUT2D eigenvalue weighted by molar-refractivity contribution is 7.89. The first kappa shape index (κ1) is 17.9. The van der Waals surface area contributed by atoms with Crippen molar-refractivity contribution in [2.24, 2.45) is 11.7 Å². The molecule has 21 heavy (non-hydrogen) atoms. The number of nitrogens with zero attached hydrogens (tertiary/aromatic N) is 1. The van der Waals surface area contributed by atoms with E-state index in [1.165, 1.54) is 23.4 Å². The number of amides is 1. The number of carbonyl (C=O) groups is 1. The van der Waals surface area contributed by atoms with Crippen LogP contribution < -0.4 is 11.1 Å². The Hall–Kier alpha value is -1.15. The normalized spacial score (nSPS) is 22.6. The number of halogens is 1. The SMILES string of the molecule is CC(=O)Nc1ccc(S(=O)(=O)N2CC(C)C(N)C2)cc1.Cl. The molecule has 1 aromatic rings. The second-order valence-electron chi connectivity index (χ2n) is 5.17. The van der Waals surface area contributed by atoms with Gasteiger partial charge in [0.05, 0.1) is 4.90 Å². The van der Waals surface area contributed by atoms with Crippen molar-refractivity contribution in [3.63, 3.8) is 0 Å². The third-order valence-electron chi connectivity index (χ3n) is 3.45. The molecule has 1 aliphatic heterocycles. The lowest BCUT2D eigenvalue weighted by molar-refractivity contribution is -0.114. The molecule has 1 amide bonds. The summed E-state index contributed by atoms with van der Waals surface area (Å²) in [5.41, 5.74) is 6.44. The van der Waals surface area contributed by atoms with Crippen molar-refractivity contribution < 1.29 is 13.2 Å². The maximum absolute atomic E-state index is 12.4. The van der Waals surface area contributed by atoms with Gasteiger partial charge in [0.15, 0.2) is 0 Å². The number of rotatable bonds is 3. The van der Waals surface area contributed by atoms with Crippen LogP contribution in [-0.4, -0.2) is 37.8 Å². The zero-order chi connectivity index (χ0) is 14.9. The van der Waals surface area contributed by atoms with E-state index in [0.29, 0.717) is 18.8 Å². The smallest absolute Gasteiger partial charge is 0.243 e. The number of hydrogen-bond donors (Lipinski definition) is 2. The van der Waals surface area contributed by atoms with Gasteiger partial charge in [-0.2, -0.15) is 4.31 Å². The molecular weight excluding hydrogens is 314 g/mol. The van der Waals surface area contributed by atoms with Crippen molar-refractivity contribution in [2.75, 3.05) is 18.4 Å². The number of nitrogens with one attached hydrogen (secondary N) is 1. The number of nitrogens with two attached hydrogens (primary N) is 1. The summed E-state index contributed by atoms with van der Waals surface area (Å²) >= 11 is 0. The molecule has 1 aliphatic rings. The summed E-state index contributed by atoms with van der Waals surface area (Å²) in [6.07, 6.45) is 0. The predicted molar refractivity (Wildman–Crippen MR) is 83.9 cm³/mol. The molecule has 1 fully saturated rings. The lowest BCUT2D eigenvalue weighted by atomic mass is 10.1. The zero-order valence-electron chi connectivity index (χ0n) is 11.9. The number of sulfonamides is 1. The predicted octanol–water partition coefficient (Wildman–Crippen LogP) is 1.03. The van der Waals surface area contributed by atoms with Gasteiger partial charge in [0.25, 0.3) is 0 Å². The summed E-state index contributed by atoms with van der Waals surface area (Å²) in [5.74, 6) is -0.0385. The van der Waals surface area contributed by atoms with Gasteiger partial charge in [-0.3, -0.25) is 4.79 Å². The second-order valence-corrected chi connectivity index (χ2v) is 7.11. The Morgan fingerprint density at radius 1 is 1.29 bits per heavy atom. The summed E-state index contributed by atoms with van der Waals surface area (Å²) in [7, 11) is -3.51. The molecule has 1 heterocycles. The fourth-order valence-electron chi connectivity index (χ4n) is 2.21. The lowest BCUT2D eigenvalue weighted by Gasteiger charge is -2.16. The van der Waals surface area contributed by atoms with E-state index < -0.39 is 10.0 Å². The number of hydrogen-bond acceptors (Lipinski definition) is 4. The second kappa shape index (κ2) is 6.74. The number of anilines is 1.